The molecule has 1 amide bonds. The molecule has 0 saturated carbocycles. The second kappa shape index (κ2) is 8.29. The SMILES string of the molecule is CS(=O)(=O)c1ccccc1NC(=O)c1oc2ccccc2c1CSc1ncccn1. The van der Waals surface area contributed by atoms with Crippen LogP contribution in [0.1, 0.15) is 16.1 Å². The number of aromatic nitrogens is 2. The van der Waals surface area contributed by atoms with E-state index in [-0.39, 0.29) is 16.3 Å². The van der Waals surface area contributed by atoms with Crippen molar-refractivity contribution in [1.82, 2.24) is 9.97 Å². The van der Waals surface area contributed by atoms with E-state index in [2.05, 4.69) is 15.3 Å². The van der Waals surface area contributed by atoms with Crippen LogP contribution in [0, 0.1) is 0 Å². The Hall–Kier alpha value is -3.17. The third kappa shape index (κ3) is 4.22. The van der Waals surface area contributed by atoms with E-state index in [4.69, 9.17) is 4.42 Å². The number of thioether (sulfide) groups is 1. The molecule has 0 aliphatic rings. The van der Waals surface area contributed by atoms with E-state index in [9.17, 15) is 13.2 Å². The van der Waals surface area contributed by atoms with Crippen LogP contribution in [0.3, 0.4) is 0 Å². The summed E-state index contributed by atoms with van der Waals surface area (Å²) in [4.78, 5) is 21.5. The first kappa shape index (κ1) is 20.1. The van der Waals surface area contributed by atoms with Gasteiger partial charge in [-0.15, -0.1) is 0 Å². The average molecular weight is 440 g/mol. The van der Waals surface area contributed by atoms with Gasteiger partial charge in [-0.1, -0.05) is 42.1 Å². The van der Waals surface area contributed by atoms with Crippen molar-refractivity contribution in [3.8, 4) is 0 Å². The minimum atomic E-state index is -3.51. The fourth-order valence-electron chi connectivity index (χ4n) is 2.99. The highest BCUT2D eigenvalue weighted by molar-refractivity contribution is 7.98. The molecule has 7 nitrogen and oxygen atoms in total. The minimum Gasteiger partial charge on any atom is -0.451 e. The number of anilines is 1. The normalized spacial score (nSPS) is 11.5. The Morgan fingerprint density at radius 1 is 1.03 bits per heavy atom. The van der Waals surface area contributed by atoms with Gasteiger partial charge >= 0.3 is 0 Å². The van der Waals surface area contributed by atoms with Crippen LogP contribution >= 0.6 is 11.8 Å². The van der Waals surface area contributed by atoms with Crippen molar-refractivity contribution >= 4 is 44.2 Å². The summed E-state index contributed by atoms with van der Waals surface area (Å²) in [5, 5.41) is 4.07. The van der Waals surface area contributed by atoms with Crippen LogP contribution in [0.2, 0.25) is 0 Å². The summed E-state index contributed by atoms with van der Waals surface area (Å²) in [7, 11) is -3.51. The number of furan rings is 1. The number of carbonyl (C=O) groups excluding carboxylic acids is 1. The van der Waals surface area contributed by atoms with E-state index in [1.165, 1.54) is 17.8 Å². The largest absolute Gasteiger partial charge is 0.451 e. The van der Waals surface area contributed by atoms with Crippen molar-refractivity contribution in [2.75, 3.05) is 11.6 Å². The van der Waals surface area contributed by atoms with Crippen LogP contribution in [0.25, 0.3) is 11.0 Å². The molecule has 1 N–H and O–H groups in total. The van der Waals surface area contributed by atoms with Crippen molar-refractivity contribution in [2.45, 2.75) is 15.8 Å². The monoisotopic (exact) mass is 439 g/mol. The molecule has 0 aliphatic carbocycles. The zero-order valence-electron chi connectivity index (χ0n) is 15.9. The van der Waals surface area contributed by atoms with E-state index in [0.29, 0.717) is 22.1 Å². The maximum absolute atomic E-state index is 13.1. The standard InChI is InChI=1S/C21H17N3O4S2/c1-30(26,27)18-10-5-3-8-16(18)24-20(25)19-15(13-29-21-22-11-6-12-23-21)14-7-2-4-9-17(14)28-19/h2-12H,13H2,1H3,(H,24,25). The molecule has 9 heteroatoms. The highest BCUT2D eigenvalue weighted by Crippen LogP contribution is 2.32. The van der Waals surface area contributed by atoms with E-state index in [1.54, 1.807) is 42.7 Å². The number of sulfone groups is 1. The summed E-state index contributed by atoms with van der Waals surface area (Å²) in [6.07, 6.45) is 4.40. The number of hydrogen-bond acceptors (Lipinski definition) is 7. The molecule has 0 unspecified atom stereocenters. The molecule has 4 rings (SSSR count). The van der Waals surface area contributed by atoms with Crippen LogP contribution in [0.4, 0.5) is 5.69 Å². The first-order valence-electron chi connectivity index (χ1n) is 8.94. The second-order valence-electron chi connectivity index (χ2n) is 6.45. The number of para-hydroxylation sites is 2. The first-order valence-corrected chi connectivity index (χ1v) is 11.8. The Balaban J connectivity index is 1.69. The van der Waals surface area contributed by atoms with Crippen molar-refractivity contribution in [3.63, 3.8) is 0 Å². The minimum absolute atomic E-state index is 0.0445. The van der Waals surface area contributed by atoms with Crippen LogP contribution in [0.15, 0.2) is 81.5 Å². The lowest BCUT2D eigenvalue weighted by Crippen LogP contribution is -2.15. The summed E-state index contributed by atoms with van der Waals surface area (Å²) in [6, 6.07) is 15.3. The molecule has 0 aliphatic heterocycles. The predicted molar refractivity (Wildman–Crippen MR) is 115 cm³/mol. The zero-order valence-corrected chi connectivity index (χ0v) is 17.5. The molecule has 30 heavy (non-hydrogen) atoms. The molecule has 0 bridgehead atoms. The van der Waals surface area contributed by atoms with Crippen LogP contribution in [0.5, 0.6) is 0 Å². The topological polar surface area (TPSA) is 102 Å². The Morgan fingerprint density at radius 3 is 2.50 bits per heavy atom. The van der Waals surface area contributed by atoms with Gasteiger partial charge in [-0.25, -0.2) is 18.4 Å². The summed E-state index contributed by atoms with van der Waals surface area (Å²) in [6.45, 7) is 0. The van der Waals surface area contributed by atoms with E-state index in [1.807, 2.05) is 18.2 Å². The highest BCUT2D eigenvalue weighted by atomic mass is 32.2. The van der Waals surface area contributed by atoms with Crippen LogP contribution in [-0.4, -0.2) is 30.5 Å². The number of rotatable bonds is 6. The molecular weight excluding hydrogens is 422 g/mol. The predicted octanol–water partition coefficient (Wildman–Crippen LogP) is 4.17. The number of amides is 1. The third-order valence-corrected chi connectivity index (χ3v) is 6.38. The maximum Gasteiger partial charge on any atom is 0.291 e. The molecule has 0 fully saturated rings. The third-order valence-electron chi connectivity index (χ3n) is 4.33. The molecule has 2 aromatic heterocycles. The maximum atomic E-state index is 13.1. The summed E-state index contributed by atoms with van der Waals surface area (Å²) in [5.41, 5.74) is 1.47. The molecule has 4 aromatic rings. The Bertz CT molecular complexity index is 1320. The lowest BCUT2D eigenvalue weighted by molar-refractivity contribution is 0.0997. The molecule has 0 radical (unpaired) electrons. The van der Waals surface area contributed by atoms with Gasteiger partial charge in [-0.3, -0.25) is 4.79 Å². The molecule has 0 saturated heterocycles. The Labute approximate surface area is 177 Å². The van der Waals surface area contributed by atoms with Gasteiger partial charge in [-0.05, 0) is 24.3 Å². The fraction of sp³-hybridized carbons (Fsp3) is 0.0952. The number of hydrogen-bond donors (Lipinski definition) is 1. The average Bonchev–Trinajstić information content (AvgIpc) is 3.11. The van der Waals surface area contributed by atoms with Gasteiger partial charge in [0.2, 0.25) is 0 Å². The first-order chi connectivity index (χ1) is 14.4. The number of benzene rings is 2. The van der Waals surface area contributed by atoms with Gasteiger partial charge < -0.3 is 9.73 Å². The molecule has 152 valence electrons. The number of fused-ring (bicyclic) bond motifs is 1. The van der Waals surface area contributed by atoms with Gasteiger partial charge in [-0.2, -0.15) is 0 Å². The van der Waals surface area contributed by atoms with Crippen molar-refractivity contribution < 1.29 is 17.6 Å². The van der Waals surface area contributed by atoms with Gasteiger partial charge in [0, 0.05) is 35.4 Å². The summed E-state index contributed by atoms with van der Waals surface area (Å²) < 4.78 is 29.9. The number of nitrogens with one attached hydrogen (secondary N) is 1. The Morgan fingerprint density at radius 2 is 1.73 bits per heavy atom. The van der Waals surface area contributed by atoms with E-state index < -0.39 is 15.7 Å². The highest BCUT2D eigenvalue weighted by Gasteiger charge is 2.23. The number of nitrogens with zero attached hydrogens (tertiary/aromatic N) is 2. The molecule has 2 aromatic carbocycles. The van der Waals surface area contributed by atoms with Crippen molar-refractivity contribution in [1.29, 1.82) is 0 Å². The molecule has 2 heterocycles. The second-order valence-corrected chi connectivity index (χ2v) is 9.38. The summed E-state index contributed by atoms with van der Waals surface area (Å²) >= 11 is 1.38. The van der Waals surface area contributed by atoms with Gasteiger partial charge in [0.15, 0.2) is 20.8 Å². The number of carbonyl (C=O) groups is 1. The Kier molecular flexibility index (Phi) is 5.56. The van der Waals surface area contributed by atoms with Gasteiger partial charge in [0.05, 0.1) is 10.6 Å². The lowest BCUT2D eigenvalue weighted by atomic mass is 10.1. The van der Waals surface area contributed by atoms with Gasteiger partial charge in [0.25, 0.3) is 5.91 Å². The van der Waals surface area contributed by atoms with E-state index >= 15 is 0 Å². The van der Waals surface area contributed by atoms with Gasteiger partial charge in [0.1, 0.15) is 5.58 Å². The lowest BCUT2D eigenvalue weighted by Gasteiger charge is -2.09. The molecule has 0 spiro atoms. The summed E-state index contributed by atoms with van der Waals surface area (Å²) in [5.74, 6) is 0.0205. The smallest absolute Gasteiger partial charge is 0.291 e. The molecule has 0 atom stereocenters. The quantitative estimate of drug-likeness (QED) is 0.355. The zero-order chi connectivity index (χ0) is 21.1. The fourth-order valence-corrected chi connectivity index (χ4v) is 4.67. The van der Waals surface area contributed by atoms with Crippen LogP contribution < -0.4 is 5.32 Å². The molecular formula is C21H17N3O4S2. The van der Waals surface area contributed by atoms with Crippen molar-refractivity contribution in [3.05, 3.63) is 78.3 Å². The van der Waals surface area contributed by atoms with Crippen LogP contribution in [-0.2, 0) is 15.6 Å². The van der Waals surface area contributed by atoms with Crippen molar-refractivity contribution in [2.24, 2.45) is 0 Å². The van der Waals surface area contributed by atoms with E-state index in [0.717, 1.165) is 11.6 Å².